The summed E-state index contributed by atoms with van der Waals surface area (Å²) in [5.74, 6) is -0.775. The quantitative estimate of drug-likeness (QED) is 0.0432. The number of carboxylic acid groups (broad SMARTS) is 1. The Hall–Kier alpha value is -2.36. The number of rotatable bonds is 34. The molecule has 0 radical (unpaired) electrons. The highest BCUT2D eigenvalue weighted by atomic mass is 16.5. The number of hydrogen-bond donors (Lipinski definition) is 1. The lowest BCUT2D eigenvalue weighted by Gasteiger charge is -2.14. The van der Waals surface area contributed by atoms with Gasteiger partial charge in [-0.1, -0.05) is 146 Å². The van der Waals surface area contributed by atoms with E-state index in [4.69, 9.17) is 9.84 Å². The van der Waals surface area contributed by atoms with Gasteiger partial charge in [0, 0.05) is 12.8 Å². The van der Waals surface area contributed by atoms with E-state index in [2.05, 4.69) is 74.6 Å². The first-order chi connectivity index (χ1) is 22.6. The maximum Gasteiger partial charge on any atom is 0.306 e. The van der Waals surface area contributed by atoms with Gasteiger partial charge in [-0.05, 0) is 89.5 Å². The molecule has 264 valence electrons. The van der Waals surface area contributed by atoms with Gasteiger partial charge < -0.3 is 9.84 Å². The highest BCUT2D eigenvalue weighted by Crippen LogP contribution is 2.15. The van der Waals surface area contributed by atoms with Crippen molar-refractivity contribution in [2.24, 2.45) is 0 Å². The summed E-state index contributed by atoms with van der Waals surface area (Å²) in [6.45, 7) is 4.47. The van der Waals surface area contributed by atoms with Crippen LogP contribution in [0.5, 0.6) is 0 Å². The largest absolute Gasteiger partial charge is 0.481 e. The average molecular weight is 641 g/mol. The van der Waals surface area contributed by atoms with Gasteiger partial charge in [-0.3, -0.25) is 9.59 Å². The van der Waals surface area contributed by atoms with Crippen LogP contribution in [0.15, 0.2) is 60.8 Å². The van der Waals surface area contributed by atoms with Crippen molar-refractivity contribution >= 4 is 11.9 Å². The molecule has 0 saturated heterocycles. The zero-order chi connectivity index (χ0) is 33.6. The van der Waals surface area contributed by atoms with Gasteiger partial charge in [0.2, 0.25) is 0 Å². The number of esters is 1. The number of ether oxygens (including phenoxy) is 1. The van der Waals surface area contributed by atoms with E-state index >= 15 is 0 Å². The van der Waals surface area contributed by atoms with Gasteiger partial charge in [-0.15, -0.1) is 0 Å². The molecule has 46 heavy (non-hydrogen) atoms. The zero-order valence-corrected chi connectivity index (χ0v) is 30.1. The summed E-state index contributed by atoms with van der Waals surface area (Å²) >= 11 is 0. The Kier molecular flexibility index (Phi) is 35.2. The molecule has 0 aromatic heterocycles. The van der Waals surface area contributed by atoms with Crippen molar-refractivity contribution in [2.45, 2.75) is 193 Å². The molecule has 0 aromatic rings. The number of carbonyl (C=O) groups excluding carboxylic acids is 1. The van der Waals surface area contributed by atoms with Crippen molar-refractivity contribution < 1.29 is 19.4 Å². The second kappa shape index (κ2) is 37.1. The number of carbonyl (C=O) groups is 2. The molecule has 4 heteroatoms. The molecule has 1 atom stereocenters. The van der Waals surface area contributed by atoms with E-state index in [0.717, 1.165) is 89.9 Å². The second-order valence-electron chi connectivity index (χ2n) is 12.8. The van der Waals surface area contributed by atoms with E-state index in [1.807, 2.05) is 0 Å². The predicted octanol–water partition coefficient (Wildman–Crippen LogP) is 13.3. The van der Waals surface area contributed by atoms with Crippen molar-refractivity contribution in [3.63, 3.8) is 0 Å². The van der Waals surface area contributed by atoms with Gasteiger partial charge in [-0.25, -0.2) is 0 Å². The van der Waals surface area contributed by atoms with E-state index in [0.29, 0.717) is 6.42 Å². The molecule has 1 unspecified atom stereocenters. The molecule has 4 nitrogen and oxygen atoms in total. The minimum atomic E-state index is -0.707. The molecule has 0 spiro atoms. The number of unbranched alkanes of at least 4 members (excludes halogenated alkanes) is 17. The number of carboxylic acids is 1. The Morgan fingerprint density at radius 1 is 0.500 bits per heavy atom. The highest BCUT2D eigenvalue weighted by molar-refractivity contribution is 5.69. The summed E-state index contributed by atoms with van der Waals surface area (Å²) in [5.41, 5.74) is 0. The summed E-state index contributed by atoms with van der Waals surface area (Å²) in [4.78, 5) is 23.2. The molecule has 0 bridgehead atoms. The van der Waals surface area contributed by atoms with E-state index < -0.39 is 5.97 Å². The van der Waals surface area contributed by atoms with Crippen LogP contribution in [0, 0.1) is 0 Å². The monoisotopic (exact) mass is 641 g/mol. The fourth-order valence-electron chi connectivity index (χ4n) is 5.31. The van der Waals surface area contributed by atoms with Crippen LogP contribution >= 0.6 is 0 Å². The third-order valence-corrected chi connectivity index (χ3v) is 8.20. The summed E-state index contributed by atoms with van der Waals surface area (Å²) in [7, 11) is 0. The predicted molar refractivity (Wildman–Crippen MR) is 199 cm³/mol. The first kappa shape index (κ1) is 43.6. The van der Waals surface area contributed by atoms with Crippen molar-refractivity contribution in [3.05, 3.63) is 60.8 Å². The van der Waals surface area contributed by atoms with Gasteiger partial charge >= 0.3 is 11.9 Å². The lowest BCUT2D eigenvalue weighted by atomic mass is 10.1. The molecule has 0 heterocycles. The third-order valence-electron chi connectivity index (χ3n) is 8.20. The van der Waals surface area contributed by atoms with Gasteiger partial charge in [0.15, 0.2) is 0 Å². The second-order valence-corrected chi connectivity index (χ2v) is 12.8. The van der Waals surface area contributed by atoms with Crippen LogP contribution in [0.1, 0.15) is 187 Å². The highest BCUT2D eigenvalue weighted by Gasteiger charge is 2.11. The van der Waals surface area contributed by atoms with Gasteiger partial charge in [-0.2, -0.15) is 0 Å². The Balaban J connectivity index is 4.07. The lowest BCUT2D eigenvalue weighted by molar-refractivity contribution is -0.147. The molecule has 0 aliphatic carbocycles. The fraction of sp³-hybridized carbons (Fsp3) is 0.714. The molecule has 0 fully saturated rings. The normalized spacial score (nSPS) is 12.9. The van der Waals surface area contributed by atoms with E-state index in [9.17, 15) is 9.59 Å². The molecule has 0 amide bonds. The van der Waals surface area contributed by atoms with Crippen LogP contribution in [-0.4, -0.2) is 23.1 Å². The van der Waals surface area contributed by atoms with Crippen molar-refractivity contribution in [1.82, 2.24) is 0 Å². The van der Waals surface area contributed by atoms with Crippen LogP contribution in [-0.2, 0) is 14.3 Å². The van der Waals surface area contributed by atoms with Crippen LogP contribution in [0.3, 0.4) is 0 Å². The fourth-order valence-corrected chi connectivity index (χ4v) is 5.31. The number of aliphatic carboxylic acids is 1. The van der Waals surface area contributed by atoms with Crippen molar-refractivity contribution in [1.29, 1.82) is 0 Å². The Morgan fingerprint density at radius 2 is 0.913 bits per heavy atom. The van der Waals surface area contributed by atoms with Crippen LogP contribution < -0.4 is 0 Å². The molecule has 0 aliphatic heterocycles. The van der Waals surface area contributed by atoms with Crippen LogP contribution in [0.25, 0.3) is 0 Å². The van der Waals surface area contributed by atoms with Gasteiger partial charge in [0.1, 0.15) is 6.10 Å². The van der Waals surface area contributed by atoms with Gasteiger partial charge in [0.05, 0.1) is 0 Å². The maximum absolute atomic E-state index is 12.6. The SMILES string of the molecule is CCCCC/C=C\C/C=C\C/C=C\CCCCCCCCC(=O)OC(/C=C\C/C=C\CCCCC)CCCCCCCCC(=O)O. The molecule has 0 saturated carbocycles. The molecular weight excluding hydrogens is 568 g/mol. The summed E-state index contributed by atoms with van der Waals surface area (Å²) in [6, 6.07) is 0. The molecule has 0 rings (SSSR count). The topological polar surface area (TPSA) is 63.6 Å². The summed E-state index contributed by atoms with van der Waals surface area (Å²) in [5, 5.41) is 8.77. The first-order valence-corrected chi connectivity index (χ1v) is 19.3. The zero-order valence-electron chi connectivity index (χ0n) is 30.1. The summed E-state index contributed by atoms with van der Waals surface area (Å²) < 4.78 is 5.89. The van der Waals surface area contributed by atoms with E-state index in [-0.39, 0.29) is 18.5 Å². The Labute approximate surface area is 284 Å². The van der Waals surface area contributed by atoms with Crippen LogP contribution in [0.2, 0.25) is 0 Å². The standard InChI is InChI=1S/C42H72O4/c1-3-5-7-9-11-13-14-15-16-17-18-19-20-21-22-23-25-31-35-39-42(45)46-40(36-32-28-24-12-10-8-6-4-2)37-33-29-26-27-30-34-38-41(43)44/h11-13,15-16,18-19,24,32,36,40H,3-10,14,17,20-23,25-31,33-35,37-39H2,1-2H3,(H,43,44)/b13-11-,16-15-,19-18-,24-12-,36-32-. The van der Waals surface area contributed by atoms with E-state index in [1.165, 1.54) is 70.6 Å². The first-order valence-electron chi connectivity index (χ1n) is 19.3. The molecule has 0 aliphatic rings. The number of allylic oxidation sites excluding steroid dienone is 9. The van der Waals surface area contributed by atoms with Crippen molar-refractivity contribution in [2.75, 3.05) is 0 Å². The Morgan fingerprint density at radius 3 is 1.43 bits per heavy atom. The van der Waals surface area contributed by atoms with Gasteiger partial charge in [0.25, 0.3) is 0 Å². The third kappa shape index (κ3) is 36.1. The molecule has 0 aromatic carbocycles. The Bertz CT molecular complexity index is 820. The number of hydrogen-bond acceptors (Lipinski definition) is 3. The smallest absolute Gasteiger partial charge is 0.306 e. The summed E-state index contributed by atoms with van der Waals surface area (Å²) in [6.07, 6.45) is 51.1. The lowest BCUT2D eigenvalue weighted by Crippen LogP contribution is -2.16. The van der Waals surface area contributed by atoms with E-state index in [1.54, 1.807) is 0 Å². The minimum Gasteiger partial charge on any atom is -0.481 e. The average Bonchev–Trinajstić information content (AvgIpc) is 3.04. The molecule has 1 N–H and O–H groups in total. The van der Waals surface area contributed by atoms with Crippen LogP contribution in [0.4, 0.5) is 0 Å². The molecular formula is C42H72O4. The maximum atomic E-state index is 12.6. The van der Waals surface area contributed by atoms with Crippen molar-refractivity contribution in [3.8, 4) is 0 Å². The minimum absolute atomic E-state index is 0.0689.